The first-order chi connectivity index (χ1) is 5.70. The van der Waals surface area contributed by atoms with Crippen LogP contribution >= 0.6 is 0 Å². The van der Waals surface area contributed by atoms with Crippen molar-refractivity contribution < 1.29 is 0 Å². The van der Waals surface area contributed by atoms with E-state index in [0.717, 1.165) is 0 Å². The van der Waals surface area contributed by atoms with Crippen molar-refractivity contribution in [3.8, 4) is 0 Å². The van der Waals surface area contributed by atoms with E-state index in [0.29, 0.717) is 0 Å². The Labute approximate surface area is 86.1 Å². The third-order valence-electron chi connectivity index (χ3n) is 2.54. The molecule has 0 N–H and O–H groups in total. The Balaban J connectivity index is 3.18. The predicted molar refractivity (Wildman–Crippen MR) is 59.3 cm³/mol. The fraction of sp³-hybridized carbons (Fsp3) is 1.00. The van der Waals surface area contributed by atoms with Crippen molar-refractivity contribution in [1.29, 1.82) is 0 Å². The van der Waals surface area contributed by atoms with E-state index in [-0.39, 0.29) is 0 Å². The quantitative estimate of drug-likeness (QED) is 0.689. The van der Waals surface area contributed by atoms with Crippen LogP contribution in [0.1, 0.15) is 26.7 Å². The van der Waals surface area contributed by atoms with E-state index in [1.54, 1.807) is 8.35 Å². The molecule has 0 rings (SSSR count). The van der Waals surface area contributed by atoms with Crippen LogP contribution in [0.3, 0.4) is 0 Å². The van der Waals surface area contributed by atoms with Crippen LogP contribution < -0.4 is 0 Å². The summed E-state index contributed by atoms with van der Waals surface area (Å²) in [6.45, 7) is 7.23. The zero-order valence-electron chi connectivity index (χ0n) is 9.27. The summed E-state index contributed by atoms with van der Waals surface area (Å²) in [7, 11) is 2.25. The molecule has 0 atom stereocenters. The summed E-state index contributed by atoms with van der Waals surface area (Å²) >= 11 is -0.903. The molecule has 0 aromatic heterocycles. The van der Waals surface area contributed by atoms with Gasteiger partial charge in [-0.1, -0.05) is 0 Å². The van der Waals surface area contributed by atoms with Gasteiger partial charge >= 0.3 is 86.2 Å². The molecule has 0 bridgehead atoms. The fourth-order valence-electron chi connectivity index (χ4n) is 1.41. The van der Waals surface area contributed by atoms with Crippen molar-refractivity contribution in [3.63, 3.8) is 0 Å². The molecule has 0 saturated carbocycles. The van der Waals surface area contributed by atoms with Gasteiger partial charge in [0.2, 0.25) is 0 Å². The molecule has 0 aromatic carbocycles. The summed E-state index contributed by atoms with van der Waals surface area (Å²) in [4.78, 5) is 2.47. The molecule has 0 amide bonds. The molecular weight excluding hydrogens is 249 g/mol. The zero-order chi connectivity index (χ0) is 9.40. The van der Waals surface area contributed by atoms with Gasteiger partial charge in [-0.05, 0) is 0 Å². The van der Waals surface area contributed by atoms with E-state index in [1.807, 2.05) is 0 Å². The molecule has 0 radical (unpaired) electrons. The van der Waals surface area contributed by atoms with Crippen molar-refractivity contribution in [2.75, 3.05) is 20.1 Å². The number of nitrogens with zero attached hydrogens (tertiary/aromatic N) is 1. The van der Waals surface area contributed by atoms with Crippen LogP contribution in [-0.2, 0) is 0 Å². The van der Waals surface area contributed by atoms with Gasteiger partial charge in [0.15, 0.2) is 0 Å². The van der Waals surface area contributed by atoms with Gasteiger partial charge in [-0.2, -0.15) is 0 Å². The van der Waals surface area contributed by atoms with Crippen LogP contribution in [-0.4, -0.2) is 46.5 Å². The van der Waals surface area contributed by atoms with Crippen LogP contribution in [0.15, 0.2) is 0 Å². The van der Waals surface area contributed by atoms with E-state index < -0.39 is 21.4 Å². The van der Waals surface area contributed by atoms with Crippen molar-refractivity contribution in [2.45, 2.75) is 39.7 Å². The molecule has 0 aromatic rings. The first kappa shape index (κ1) is 12.8. The van der Waals surface area contributed by atoms with Gasteiger partial charge in [0.05, 0.1) is 0 Å². The number of rotatable bonds is 7. The van der Waals surface area contributed by atoms with Crippen molar-refractivity contribution in [3.05, 3.63) is 0 Å². The van der Waals surface area contributed by atoms with Gasteiger partial charge in [-0.15, -0.1) is 0 Å². The first-order valence-electron chi connectivity index (χ1n) is 5.39. The maximum absolute atomic E-state index is 2.56. The maximum atomic E-state index is 2.56. The molecule has 0 fully saturated rings. The van der Waals surface area contributed by atoms with Gasteiger partial charge in [0.1, 0.15) is 0 Å². The predicted octanol–water partition coefficient (Wildman–Crippen LogP) is 2.86. The molecule has 1 nitrogen and oxygen atoms in total. The van der Waals surface area contributed by atoms with E-state index in [2.05, 4.69) is 30.5 Å². The zero-order valence-corrected chi connectivity index (χ0v) is 12.6. The van der Waals surface area contributed by atoms with Crippen molar-refractivity contribution in [1.82, 2.24) is 4.90 Å². The molecule has 0 heterocycles. The number of hydrogen-bond donors (Lipinski definition) is 0. The summed E-state index contributed by atoms with van der Waals surface area (Å²) in [5, 5.41) is 0. The van der Waals surface area contributed by atoms with Crippen molar-refractivity contribution in [2.24, 2.45) is 0 Å². The van der Waals surface area contributed by atoms with Crippen molar-refractivity contribution >= 4 is 21.4 Å². The molecule has 12 heavy (non-hydrogen) atoms. The molecule has 0 aliphatic heterocycles. The van der Waals surface area contributed by atoms with Crippen LogP contribution in [0.2, 0.25) is 13.0 Å². The third-order valence-corrected chi connectivity index (χ3v) is 10.5. The Kier molecular flexibility index (Phi) is 9.01. The molecule has 2 heteroatoms. The summed E-state index contributed by atoms with van der Waals surface area (Å²) in [5.74, 6) is 0. The second-order valence-electron chi connectivity index (χ2n) is 3.96. The molecule has 0 unspecified atom stereocenters. The standard InChI is InChI=1S/C7H16N.C2H5.CH3.In/c1-4-6-8(3)7-5-2;1-2;;/h1,4-7H2,2-3H3;1H2,2H3;1H3;. The van der Waals surface area contributed by atoms with Gasteiger partial charge in [0, 0.05) is 0 Å². The van der Waals surface area contributed by atoms with E-state index >= 15 is 0 Å². The Bertz CT molecular complexity index is 95.8. The van der Waals surface area contributed by atoms with Gasteiger partial charge in [0.25, 0.3) is 0 Å². The second kappa shape index (κ2) is 8.43. The van der Waals surface area contributed by atoms with Crippen LogP contribution in [0.25, 0.3) is 0 Å². The minimum atomic E-state index is -0.903. The molecule has 72 valence electrons. The number of hydrogen-bond acceptors (Lipinski definition) is 1. The van der Waals surface area contributed by atoms with Crippen LogP contribution in [0.5, 0.6) is 0 Å². The Hall–Kier alpha value is 0.830. The van der Waals surface area contributed by atoms with Crippen LogP contribution in [0.4, 0.5) is 0 Å². The second-order valence-corrected chi connectivity index (χ2v) is 14.2. The average Bonchev–Trinajstić information content (AvgIpc) is 2.04. The fourth-order valence-corrected chi connectivity index (χ4v) is 5.08. The normalized spacial score (nSPS) is 10.8. The SMILES string of the molecule is CCCN(C)CC[CH2][In]([CH3])[CH2]C. The van der Waals surface area contributed by atoms with E-state index in [4.69, 9.17) is 0 Å². The summed E-state index contributed by atoms with van der Waals surface area (Å²) < 4.78 is 5.70. The van der Waals surface area contributed by atoms with E-state index in [9.17, 15) is 0 Å². The first-order valence-corrected chi connectivity index (χ1v) is 13.3. The summed E-state index contributed by atoms with van der Waals surface area (Å²) in [6.07, 6.45) is 2.75. The molecule has 0 aliphatic carbocycles. The van der Waals surface area contributed by atoms with Gasteiger partial charge < -0.3 is 0 Å². The summed E-state index contributed by atoms with van der Waals surface area (Å²) in [6, 6.07) is 0. The third kappa shape index (κ3) is 7.48. The van der Waals surface area contributed by atoms with E-state index in [1.165, 1.54) is 25.9 Å². The molecule has 0 spiro atoms. The van der Waals surface area contributed by atoms with Gasteiger partial charge in [-0.25, -0.2) is 0 Å². The van der Waals surface area contributed by atoms with Gasteiger partial charge in [-0.3, -0.25) is 0 Å². The minimum absolute atomic E-state index is 0.903. The molecule has 0 aliphatic rings. The molecular formula is C10H24InN. The molecule has 0 saturated heterocycles. The Morgan fingerprint density at radius 1 is 1.17 bits per heavy atom. The Morgan fingerprint density at radius 3 is 2.33 bits per heavy atom. The summed E-state index contributed by atoms with van der Waals surface area (Å²) in [5.41, 5.74) is 0. The monoisotopic (exact) mass is 273 g/mol. The average molecular weight is 273 g/mol. The Morgan fingerprint density at radius 2 is 1.83 bits per heavy atom. The van der Waals surface area contributed by atoms with Crippen LogP contribution in [0, 0.1) is 0 Å². The topological polar surface area (TPSA) is 3.24 Å².